The monoisotopic (exact) mass is 329 g/mol. The predicted octanol–water partition coefficient (Wildman–Crippen LogP) is 5.34. The van der Waals surface area contributed by atoms with Gasteiger partial charge >= 0.3 is 0 Å². The fourth-order valence-corrected chi connectivity index (χ4v) is 3.33. The van der Waals surface area contributed by atoms with Crippen molar-refractivity contribution in [2.45, 2.75) is 31.8 Å². The molecule has 1 unspecified atom stereocenters. The Hall–Kier alpha value is -1.51. The van der Waals surface area contributed by atoms with Crippen LogP contribution < -0.4 is 4.74 Å². The zero-order chi connectivity index (χ0) is 15.9. The van der Waals surface area contributed by atoms with Crippen molar-refractivity contribution in [1.29, 1.82) is 0 Å². The Bertz CT molecular complexity index is 596. The normalized spacial score (nSPS) is 16.9. The molecule has 23 heavy (non-hydrogen) atoms. The fourth-order valence-electron chi connectivity index (χ4n) is 3.15. The van der Waals surface area contributed by atoms with Gasteiger partial charge in [0.15, 0.2) is 0 Å². The molecule has 0 bridgehead atoms. The maximum Gasteiger partial charge on any atom is 0.125 e. The molecule has 3 heteroatoms. The SMILES string of the molecule is Clc1cccc(OC(CCN2CCCCC2)c2ccccc2)c1. The molecule has 0 radical (unpaired) electrons. The smallest absolute Gasteiger partial charge is 0.125 e. The van der Waals surface area contributed by atoms with Gasteiger partial charge in [0.05, 0.1) is 0 Å². The molecule has 0 amide bonds. The number of ether oxygens (including phenoxy) is 1. The van der Waals surface area contributed by atoms with Crippen molar-refractivity contribution in [3.8, 4) is 5.75 Å². The van der Waals surface area contributed by atoms with Gasteiger partial charge in [-0.2, -0.15) is 0 Å². The van der Waals surface area contributed by atoms with Crippen molar-refractivity contribution in [3.05, 3.63) is 65.2 Å². The lowest BCUT2D eigenvalue weighted by molar-refractivity contribution is 0.152. The van der Waals surface area contributed by atoms with E-state index in [0.29, 0.717) is 5.02 Å². The summed E-state index contributed by atoms with van der Waals surface area (Å²) in [4.78, 5) is 2.56. The van der Waals surface area contributed by atoms with Gasteiger partial charge in [-0.25, -0.2) is 0 Å². The lowest BCUT2D eigenvalue weighted by Gasteiger charge is -2.28. The van der Waals surface area contributed by atoms with E-state index in [4.69, 9.17) is 16.3 Å². The molecule has 2 aromatic rings. The van der Waals surface area contributed by atoms with E-state index in [1.165, 1.54) is 37.9 Å². The molecule has 0 aromatic heterocycles. The standard InChI is InChI=1S/C20H24ClNO/c21-18-10-7-11-19(16-18)23-20(17-8-3-1-4-9-17)12-15-22-13-5-2-6-14-22/h1,3-4,7-11,16,20H,2,5-6,12-15H2. The molecular formula is C20H24ClNO. The highest BCUT2D eigenvalue weighted by Gasteiger charge is 2.17. The molecule has 1 aliphatic rings. The summed E-state index contributed by atoms with van der Waals surface area (Å²) in [6.07, 6.45) is 5.08. The van der Waals surface area contributed by atoms with Crippen LogP contribution >= 0.6 is 11.6 Å². The minimum Gasteiger partial charge on any atom is -0.486 e. The summed E-state index contributed by atoms with van der Waals surface area (Å²) in [5.41, 5.74) is 1.23. The maximum absolute atomic E-state index is 6.26. The fraction of sp³-hybridized carbons (Fsp3) is 0.400. The Morgan fingerprint density at radius 2 is 1.74 bits per heavy atom. The van der Waals surface area contributed by atoms with E-state index in [2.05, 4.69) is 29.2 Å². The number of benzene rings is 2. The first-order valence-corrected chi connectivity index (χ1v) is 8.88. The molecule has 1 aliphatic heterocycles. The third kappa shape index (κ3) is 4.98. The van der Waals surface area contributed by atoms with Crippen molar-refractivity contribution in [2.75, 3.05) is 19.6 Å². The van der Waals surface area contributed by atoms with E-state index < -0.39 is 0 Å². The first kappa shape index (κ1) is 16.4. The zero-order valence-electron chi connectivity index (χ0n) is 13.5. The van der Waals surface area contributed by atoms with E-state index in [1.54, 1.807) is 0 Å². The summed E-state index contributed by atoms with van der Waals surface area (Å²) in [5.74, 6) is 0.838. The molecule has 1 atom stereocenters. The summed E-state index contributed by atoms with van der Waals surface area (Å²) in [7, 11) is 0. The van der Waals surface area contributed by atoms with Gasteiger partial charge in [0.1, 0.15) is 11.9 Å². The molecule has 0 aliphatic carbocycles. The predicted molar refractivity (Wildman–Crippen MR) is 96.2 cm³/mol. The van der Waals surface area contributed by atoms with Crippen LogP contribution in [0.3, 0.4) is 0 Å². The Morgan fingerprint density at radius 3 is 2.48 bits per heavy atom. The summed E-state index contributed by atoms with van der Waals surface area (Å²) < 4.78 is 6.26. The highest BCUT2D eigenvalue weighted by molar-refractivity contribution is 6.30. The largest absolute Gasteiger partial charge is 0.486 e. The number of hydrogen-bond acceptors (Lipinski definition) is 2. The van der Waals surface area contributed by atoms with Gasteiger partial charge in [0, 0.05) is 18.0 Å². The number of piperidine rings is 1. The second-order valence-electron chi connectivity index (χ2n) is 6.17. The molecule has 0 spiro atoms. The number of nitrogens with zero attached hydrogens (tertiary/aromatic N) is 1. The Kier molecular flexibility index (Phi) is 5.95. The van der Waals surface area contributed by atoms with Crippen LogP contribution in [0.5, 0.6) is 5.75 Å². The molecule has 3 rings (SSSR count). The van der Waals surface area contributed by atoms with Gasteiger partial charge in [0.2, 0.25) is 0 Å². The molecular weight excluding hydrogens is 306 g/mol. The number of halogens is 1. The molecule has 2 nitrogen and oxygen atoms in total. The molecule has 1 saturated heterocycles. The van der Waals surface area contributed by atoms with Crippen molar-refractivity contribution in [1.82, 2.24) is 4.90 Å². The van der Waals surface area contributed by atoms with Gasteiger partial charge in [0.25, 0.3) is 0 Å². The van der Waals surface area contributed by atoms with Gasteiger partial charge in [-0.3, -0.25) is 0 Å². The van der Waals surface area contributed by atoms with Crippen LogP contribution in [-0.2, 0) is 0 Å². The van der Waals surface area contributed by atoms with Crippen molar-refractivity contribution in [3.63, 3.8) is 0 Å². The van der Waals surface area contributed by atoms with Gasteiger partial charge < -0.3 is 9.64 Å². The second kappa shape index (κ2) is 8.37. The first-order valence-electron chi connectivity index (χ1n) is 8.51. The third-order valence-corrected chi connectivity index (χ3v) is 4.64. The molecule has 122 valence electrons. The molecule has 1 heterocycles. The molecule has 1 fully saturated rings. The Balaban J connectivity index is 1.68. The third-order valence-electron chi connectivity index (χ3n) is 4.40. The summed E-state index contributed by atoms with van der Waals surface area (Å²) in [6, 6.07) is 18.2. The summed E-state index contributed by atoms with van der Waals surface area (Å²) >= 11 is 6.08. The van der Waals surface area contributed by atoms with Crippen LogP contribution in [0.2, 0.25) is 5.02 Å². The van der Waals surface area contributed by atoms with Crippen LogP contribution in [0, 0.1) is 0 Å². The van der Waals surface area contributed by atoms with Crippen molar-refractivity contribution >= 4 is 11.6 Å². The second-order valence-corrected chi connectivity index (χ2v) is 6.60. The highest BCUT2D eigenvalue weighted by atomic mass is 35.5. The number of likely N-dealkylation sites (tertiary alicyclic amines) is 1. The minimum absolute atomic E-state index is 0.0663. The number of rotatable bonds is 6. The molecule has 0 saturated carbocycles. The van der Waals surface area contributed by atoms with Crippen molar-refractivity contribution < 1.29 is 4.74 Å². The van der Waals surface area contributed by atoms with Crippen molar-refractivity contribution in [2.24, 2.45) is 0 Å². The van der Waals surface area contributed by atoms with E-state index in [-0.39, 0.29) is 6.10 Å². The van der Waals surface area contributed by atoms with Gasteiger partial charge in [-0.05, 0) is 49.7 Å². The summed E-state index contributed by atoms with van der Waals surface area (Å²) in [6.45, 7) is 3.53. The van der Waals surface area contributed by atoms with Crippen LogP contribution in [-0.4, -0.2) is 24.5 Å². The van der Waals surface area contributed by atoms with E-state index >= 15 is 0 Å². The highest BCUT2D eigenvalue weighted by Crippen LogP contribution is 2.27. The lowest BCUT2D eigenvalue weighted by Crippen LogP contribution is -2.31. The molecule has 0 N–H and O–H groups in total. The average Bonchev–Trinajstić information content (AvgIpc) is 2.60. The van der Waals surface area contributed by atoms with Crippen LogP contribution in [0.4, 0.5) is 0 Å². The average molecular weight is 330 g/mol. The zero-order valence-corrected chi connectivity index (χ0v) is 14.2. The first-order chi connectivity index (χ1) is 11.3. The van der Waals surface area contributed by atoms with Gasteiger partial charge in [-0.15, -0.1) is 0 Å². The van der Waals surface area contributed by atoms with Gasteiger partial charge in [-0.1, -0.05) is 54.4 Å². The van der Waals surface area contributed by atoms with E-state index in [9.17, 15) is 0 Å². The van der Waals surface area contributed by atoms with Crippen LogP contribution in [0.1, 0.15) is 37.4 Å². The number of hydrogen-bond donors (Lipinski definition) is 0. The Labute approximate surface area is 144 Å². The Morgan fingerprint density at radius 1 is 0.957 bits per heavy atom. The van der Waals surface area contributed by atoms with E-state index in [0.717, 1.165) is 18.7 Å². The maximum atomic E-state index is 6.26. The molecule has 2 aromatic carbocycles. The van der Waals surface area contributed by atoms with Crippen LogP contribution in [0.15, 0.2) is 54.6 Å². The van der Waals surface area contributed by atoms with E-state index in [1.807, 2.05) is 30.3 Å². The topological polar surface area (TPSA) is 12.5 Å². The minimum atomic E-state index is 0.0663. The quantitative estimate of drug-likeness (QED) is 0.709. The van der Waals surface area contributed by atoms with Crippen LogP contribution in [0.25, 0.3) is 0 Å². The lowest BCUT2D eigenvalue weighted by atomic mass is 10.0. The summed E-state index contributed by atoms with van der Waals surface area (Å²) in [5, 5.41) is 0.713.